The van der Waals surface area contributed by atoms with Gasteiger partial charge in [0.1, 0.15) is 5.60 Å². The first-order chi connectivity index (χ1) is 8.76. The lowest BCUT2D eigenvalue weighted by Crippen LogP contribution is -2.27. The van der Waals surface area contributed by atoms with Crippen molar-refractivity contribution in [2.75, 3.05) is 5.32 Å². The molecule has 0 saturated heterocycles. The number of amides is 1. The third kappa shape index (κ3) is 6.46. The van der Waals surface area contributed by atoms with Gasteiger partial charge in [0.05, 0.1) is 0 Å². The fraction of sp³-hybridized carbons (Fsp3) is 0.357. The minimum absolute atomic E-state index is 0.530. The normalized spacial score (nSPS) is 10.6. The summed E-state index contributed by atoms with van der Waals surface area (Å²) in [5.41, 5.74) is 0.638. The van der Waals surface area contributed by atoms with Gasteiger partial charge in [-0.1, -0.05) is 5.92 Å². The molecule has 1 aromatic rings. The van der Waals surface area contributed by atoms with E-state index in [-0.39, 0.29) is 0 Å². The summed E-state index contributed by atoms with van der Waals surface area (Å²) in [7, 11) is 0. The average molecular weight is 263 g/mol. The topological polar surface area (TPSA) is 78.8 Å². The van der Waals surface area contributed by atoms with Crippen molar-refractivity contribution >= 4 is 11.8 Å². The zero-order valence-corrected chi connectivity index (χ0v) is 11.1. The molecule has 0 aliphatic carbocycles. The summed E-state index contributed by atoms with van der Waals surface area (Å²) in [6.45, 7) is 5.35. The van der Waals surface area contributed by atoms with Gasteiger partial charge in [0.25, 0.3) is 0 Å². The van der Waals surface area contributed by atoms with Crippen molar-refractivity contribution in [1.29, 1.82) is 0 Å². The van der Waals surface area contributed by atoms with E-state index in [9.17, 15) is 4.79 Å². The van der Waals surface area contributed by atoms with E-state index in [1.807, 2.05) is 0 Å². The Balaban J connectivity index is 2.63. The number of aliphatic hydroxyl groups excluding tert-OH is 1. The Hall–Kier alpha value is -2.03. The number of anilines is 1. The predicted octanol–water partition coefficient (Wildman–Crippen LogP) is 1.70. The molecule has 5 heteroatoms. The van der Waals surface area contributed by atoms with E-state index in [2.05, 4.69) is 17.2 Å². The number of benzene rings is 1. The highest BCUT2D eigenvalue weighted by atomic mass is 16.6. The van der Waals surface area contributed by atoms with Crippen LogP contribution in [-0.4, -0.2) is 28.2 Å². The lowest BCUT2D eigenvalue weighted by molar-refractivity contribution is 0.0108. The molecular weight excluding hydrogens is 246 g/mol. The second-order valence-corrected chi connectivity index (χ2v) is 4.85. The van der Waals surface area contributed by atoms with Crippen LogP contribution in [0.2, 0.25) is 0 Å². The van der Waals surface area contributed by atoms with Crippen molar-refractivity contribution in [1.82, 2.24) is 0 Å². The Morgan fingerprint density at radius 3 is 2.32 bits per heavy atom. The maximum absolute atomic E-state index is 11.5. The fourth-order valence-electron chi connectivity index (χ4n) is 1.21. The SMILES string of the molecule is CC(C)(C)OC(=O)Nc1ccc(C#CC(O)O)cc1. The number of hydrogen-bond donors (Lipinski definition) is 3. The van der Waals surface area contributed by atoms with Crippen LogP contribution in [0.15, 0.2) is 24.3 Å². The highest BCUT2D eigenvalue weighted by molar-refractivity contribution is 5.84. The lowest BCUT2D eigenvalue weighted by Gasteiger charge is -2.19. The molecule has 0 fully saturated rings. The van der Waals surface area contributed by atoms with Crippen LogP contribution in [-0.2, 0) is 4.74 Å². The van der Waals surface area contributed by atoms with Gasteiger partial charge in [0.15, 0.2) is 0 Å². The number of ether oxygens (including phenoxy) is 1. The number of rotatable bonds is 1. The molecule has 102 valence electrons. The van der Waals surface area contributed by atoms with Gasteiger partial charge in [-0.15, -0.1) is 0 Å². The Morgan fingerprint density at radius 2 is 1.84 bits per heavy atom. The molecular formula is C14H17NO4. The molecule has 0 aliphatic rings. The van der Waals surface area contributed by atoms with Gasteiger partial charge >= 0.3 is 6.09 Å². The van der Waals surface area contributed by atoms with Crippen molar-refractivity contribution in [3.8, 4) is 11.8 Å². The smallest absolute Gasteiger partial charge is 0.412 e. The van der Waals surface area contributed by atoms with Crippen molar-refractivity contribution in [3.63, 3.8) is 0 Å². The van der Waals surface area contributed by atoms with Gasteiger partial charge < -0.3 is 14.9 Å². The van der Waals surface area contributed by atoms with Crippen LogP contribution in [0.5, 0.6) is 0 Å². The molecule has 5 nitrogen and oxygen atoms in total. The molecule has 0 unspecified atom stereocenters. The number of carbonyl (C=O) groups excluding carboxylic acids is 1. The van der Waals surface area contributed by atoms with Gasteiger partial charge in [-0.2, -0.15) is 0 Å². The molecule has 1 rings (SSSR count). The predicted molar refractivity (Wildman–Crippen MR) is 71.4 cm³/mol. The molecule has 0 saturated carbocycles. The molecule has 0 aliphatic heterocycles. The molecule has 0 bridgehead atoms. The van der Waals surface area contributed by atoms with Gasteiger partial charge in [-0.25, -0.2) is 4.79 Å². The Kier molecular flexibility index (Phi) is 4.93. The van der Waals surface area contributed by atoms with E-state index < -0.39 is 18.0 Å². The van der Waals surface area contributed by atoms with Crippen molar-refractivity contribution in [2.24, 2.45) is 0 Å². The summed E-state index contributed by atoms with van der Waals surface area (Å²) in [5.74, 6) is 4.77. The van der Waals surface area contributed by atoms with E-state index in [0.29, 0.717) is 11.3 Å². The standard InChI is InChI=1S/C14H17NO4/c1-14(2,3)19-13(18)15-11-7-4-10(5-8-11)6-9-12(16)17/h4-5,7-8,12,16-17H,1-3H3,(H,15,18). The third-order valence-electron chi connectivity index (χ3n) is 1.88. The summed E-state index contributed by atoms with van der Waals surface area (Å²) < 4.78 is 5.11. The molecule has 0 radical (unpaired) electrons. The molecule has 0 spiro atoms. The number of carbonyl (C=O) groups is 1. The van der Waals surface area contributed by atoms with Crippen molar-refractivity contribution in [3.05, 3.63) is 29.8 Å². The molecule has 0 aromatic heterocycles. The van der Waals surface area contributed by atoms with Crippen LogP contribution < -0.4 is 5.32 Å². The van der Waals surface area contributed by atoms with Crippen LogP contribution in [0.1, 0.15) is 26.3 Å². The fourth-order valence-corrected chi connectivity index (χ4v) is 1.21. The summed E-state index contributed by atoms with van der Waals surface area (Å²) in [6, 6.07) is 6.61. The van der Waals surface area contributed by atoms with E-state index in [1.165, 1.54) is 0 Å². The number of hydrogen-bond acceptors (Lipinski definition) is 4. The highest BCUT2D eigenvalue weighted by Crippen LogP contribution is 2.12. The first kappa shape index (κ1) is 15.0. The molecule has 0 heterocycles. The van der Waals surface area contributed by atoms with Crippen LogP contribution in [0.3, 0.4) is 0 Å². The summed E-state index contributed by atoms with van der Waals surface area (Å²) >= 11 is 0. The highest BCUT2D eigenvalue weighted by Gasteiger charge is 2.15. The van der Waals surface area contributed by atoms with Crippen LogP contribution in [0.25, 0.3) is 0 Å². The molecule has 3 N–H and O–H groups in total. The molecule has 0 atom stereocenters. The second kappa shape index (κ2) is 6.23. The largest absolute Gasteiger partial charge is 0.444 e. The van der Waals surface area contributed by atoms with Crippen molar-refractivity contribution in [2.45, 2.75) is 32.7 Å². The van der Waals surface area contributed by atoms with E-state index in [4.69, 9.17) is 14.9 Å². The maximum atomic E-state index is 11.5. The van der Waals surface area contributed by atoms with Crippen LogP contribution in [0, 0.1) is 11.8 Å². The van der Waals surface area contributed by atoms with E-state index in [0.717, 1.165) is 0 Å². The van der Waals surface area contributed by atoms with Gasteiger partial charge in [0, 0.05) is 11.3 Å². The zero-order chi connectivity index (χ0) is 14.5. The van der Waals surface area contributed by atoms with Crippen LogP contribution in [0.4, 0.5) is 10.5 Å². The number of nitrogens with one attached hydrogen (secondary N) is 1. The molecule has 1 amide bonds. The lowest BCUT2D eigenvalue weighted by atomic mass is 10.2. The monoisotopic (exact) mass is 263 g/mol. The minimum Gasteiger partial charge on any atom is -0.444 e. The van der Waals surface area contributed by atoms with Crippen molar-refractivity contribution < 1.29 is 19.7 Å². The molecule has 19 heavy (non-hydrogen) atoms. The summed E-state index contributed by atoms with van der Waals surface area (Å²) in [4.78, 5) is 11.5. The van der Waals surface area contributed by atoms with Gasteiger partial charge in [-0.05, 0) is 51.0 Å². The third-order valence-corrected chi connectivity index (χ3v) is 1.88. The van der Waals surface area contributed by atoms with Gasteiger partial charge in [-0.3, -0.25) is 5.32 Å². The summed E-state index contributed by atoms with van der Waals surface area (Å²) in [6.07, 6.45) is -2.18. The molecule has 1 aromatic carbocycles. The Labute approximate surface area is 112 Å². The average Bonchev–Trinajstić information content (AvgIpc) is 2.25. The first-order valence-corrected chi connectivity index (χ1v) is 5.74. The Bertz CT molecular complexity index is 489. The second-order valence-electron chi connectivity index (χ2n) is 4.85. The number of aliphatic hydroxyl groups is 2. The van der Waals surface area contributed by atoms with E-state index in [1.54, 1.807) is 45.0 Å². The maximum Gasteiger partial charge on any atom is 0.412 e. The summed E-state index contributed by atoms with van der Waals surface area (Å²) in [5, 5.41) is 19.8. The quantitative estimate of drug-likeness (QED) is 0.532. The minimum atomic E-state index is -1.65. The first-order valence-electron chi connectivity index (χ1n) is 5.74. The Morgan fingerprint density at radius 1 is 1.26 bits per heavy atom. The van der Waals surface area contributed by atoms with Gasteiger partial charge in [0.2, 0.25) is 6.29 Å². The van der Waals surface area contributed by atoms with E-state index >= 15 is 0 Å². The zero-order valence-electron chi connectivity index (χ0n) is 11.1. The van der Waals surface area contributed by atoms with Crippen LogP contribution >= 0.6 is 0 Å².